The van der Waals surface area contributed by atoms with Crippen LogP contribution in [0.5, 0.6) is 17.2 Å². The predicted octanol–water partition coefficient (Wildman–Crippen LogP) is 16.8. The van der Waals surface area contributed by atoms with Gasteiger partial charge in [0.1, 0.15) is 36.6 Å². The number of carbonyl (C=O) groups is 5. The standard InChI is InChI=1S/C23H32O6.C23H34O5.C22H28F2O5.C22H32O6.C22H40O5/c1-16-7-6-8-18(13-16)29-15-17(24)11-12-20-19(21(25)14-22(20)26)9-4-2-3-5-10-23(27)28;24-18(13-12-17-8-4-3-5-9-17)14-15-20-19(21(25)16-22(20)26)10-6-1-2-7-11-23(27)28;23-22(24,15-29-16-8-4-3-5-9-16)13-12-18-17(19(25)14-20(18)26)10-6-1-2-7-11-21(27)28;23-16(15-28-17-8-4-3-5-9-17)12-13-19-18(20(24)14-21(19)25)10-6-1-2-7-11-22(26)27;1-2-3-4-5-8-11-17(23)14-15-19-18(20(24)16-21(19)25)12-9-6-7-10-13-22(26)27/h2,4,6-8,11-13,17,19-22,24-26H,3,5,9-10,14-15H2,1H3,(H,27,28);1,3-6,8-9,18-22,24-26H,2,7,10-16H2,(H,27,28);1,3-6,8-9,12-13,17-20,25-26H,2,7,10-11,14-15H2,(H,27,28);1,3-6,8-9,16,18-21,23-25H,2,7,10-15H2,(H,26,27);6,9,17-21,23-25H,2-5,7-8,10-16H2,1H3,(H,26,27)/b4-2-,12-11+;6-1-;6-1-,13-12+;6-1-;9-6-/t17-,19-,20-,21+,22-;18-,19+,20+,21-,22+;17-,18-,19+,20-;16-,18-,19-,20+,21-;17-,18+,19+,20-,21+/m10110/s1. The smallest absolute Gasteiger partial charge is 0.303 e. The molecule has 0 unspecified atom stereocenters. The third-order valence-corrected chi connectivity index (χ3v) is 27.2. The molecule has 0 amide bonds. The van der Waals surface area contributed by atoms with E-state index in [9.17, 15) is 104 Å². The molecule has 0 bridgehead atoms. The second kappa shape index (κ2) is 70.8. The van der Waals surface area contributed by atoms with Crippen LogP contribution in [0.25, 0.3) is 0 Å². The Morgan fingerprint density at radius 1 is 0.355 bits per heavy atom. The molecule has 19 N–H and O–H groups in total. The number of halogens is 2. The quantitative estimate of drug-likeness (QED) is 0.0144. The number of carboxylic acid groups (broad SMARTS) is 5. The van der Waals surface area contributed by atoms with Crippen LogP contribution < -0.4 is 14.2 Å². The summed E-state index contributed by atoms with van der Waals surface area (Å²) in [4.78, 5) is 52.5. The average molecular weight is 1980 g/mol. The molecule has 141 heavy (non-hydrogen) atoms. The Hall–Kier alpha value is -8.89. The van der Waals surface area contributed by atoms with Crippen LogP contribution in [0, 0.1) is 66.1 Å². The highest BCUT2D eigenvalue weighted by molar-refractivity contribution is 5.68. The number of rotatable bonds is 61. The molecule has 24 atom stereocenters. The van der Waals surface area contributed by atoms with E-state index >= 15 is 0 Å². The number of benzene rings is 4. The first-order chi connectivity index (χ1) is 67.5. The van der Waals surface area contributed by atoms with Gasteiger partial charge in [0.2, 0.25) is 0 Å². The first-order valence-corrected chi connectivity index (χ1v) is 51.3. The second-order valence-corrected chi connectivity index (χ2v) is 38.6. The maximum Gasteiger partial charge on any atom is 0.303 e. The number of unbranched alkanes of at least 4 members (excludes halogenated alkanes) is 9. The highest BCUT2D eigenvalue weighted by Gasteiger charge is 2.45. The Labute approximate surface area is 832 Å². The molecule has 5 aliphatic rings. The molecule has 5 aliphatic carbocycles. The van der Waals surface area contributed by atoms with Crippen molar-refractivity contribution in [2.45, 2.75) is 356 Å². The van der Waals surface area contributed by atoms with Crippen molar-refractivity contribution >= 4 is 29.8 Å². The molecule has 0 heterocycles. The van der Waals surface area contributed by atoms with Gasteiger partial charge in [0, 0.05) is 56.8 Å². The van der Waals surface area contributed by atoms with E-state index in [0.717, 1.165) is 43.7 Å². The van der Waals surface area contributed by atoms with E-state index in [0.29, 0.717) is 171 Å². The van der Waals surface area contributed by atoms with Crippen LogP contribution in [-0.4, -0.2) is 238 Å². The highest BCUT2D eigenvalue weighted by Crippen LogP contribution is 2.43. The van der Waals surface area contributed by atoms with Gasteiger partial charge in [-0.25, -0.2) is 0 Å². The minimum Gasteiger partial charge on any atom is -0.491 e. The topological polar surface area (TPSA) is 497 Å². The van der Waals surface area contributed by atoms with Gasteiger partial charge in [0.15, 0.2) is 6.61 Å². The Kier molecular flexibility index (Phi) is 61.5. The van der Waals surface area contributed by atoms with E-state index in [4.69, 9.17) is 39.7 Å². The van der Waals surface area contributed by atoms with Gasteiger partial charge in [-0.1, -0.05) is 197 Å². The first-order valence-electron chi connectivity index (χ1n) is 51.3. The van der Waals surface area contributed by atoms with Crippen LogP contribution in [0.1, 0.15) is 262 Å². The molecule has 0 radical (unpaired) electrons. The maximum absolute atomic E-state index is 14.2. The molecular formula is C112H166F2O27. The van der Waals surface area contributed by atoms with Crippen molar-refractivity contribution in [2.24, 2.45) is 59.2 Å². The van der Waals surface area contributed by atoms with Gasteiger partial charge in [-0.2, -0.15) is 8.78 Å². The lowest BCUT2D eigenvalue weighted by Gasteiger charge is -2.23. The van der Waals surface area contributed by atoms with E-state index < -0.39 is 128 Å². The highest BCUT2D eigenvalue weighted by atomic mass is 19.3. The van der Waals surface area contributed by atoms with Crippen molar-refractivity contribution < 1.29 is 144 Å². The van der Waals surface area contributed by atoms with E-state index in [1.54, 1.807) is 42.5 Å². The monoisotopic (exact) mass is 1980 g/mol. The summed E-state index contributed by atoms with van der Waals surface area (Å²) in [7, 11) is 0. The molecule has 5 fully saturated rings. The molecule has 0 aliphatic heterocycles. The van der Waals surface area contributed by atoms with Crippen LogP contribution in [0.2, 0.25) is 0 Å². The summed E-state index contributed by atoms with van der Waals surface area (Å²) in [5, 5.41) is 187. The van der Waals surface area contributed by atoms with Crippen LogP contribution in [-0.2, 0) is 30.4 Å². The Morgan fingerprint density at radius 3 is 1.09 bits per heavy atom. The van der Waals surface area contributed by atoms with Crippen LogP contribution in [0.3, 0.4) is 0 Å². The summed E-state index contributed by atoms with van der Waals surface area (Å²) in [5.41, 5.74) is 2.29. The summed E-state index contributed by atoms with van der Waals surface area (Å²) >= 11 is 0. The molecule has 5 saturated carbocycles. The zero-order valence-corrected chi connectivity index (χ0v) is 82.6. The van der Waals surface area contributed by atoms with Gasteiger partial charge >= 0.3 is 29.8 Å². The van der Waals surface area contributed by atoms with E-state index in [1.165, 1.54) is 37.3 Å². The first kappa shape index (κ1) is 123. The fourth-order valence-corrected chi connectivity index (χ4v) is 19.2. The van der Waals surface area contributed by atoms with Crippen molar-refractivity contribution in [1.82, 2.24) is 0 Å². The molecule has 790 valence electrons. The van der Waals surface area contributed by atoms with E-state index in [1.807, 2.05) is 140 Å². The molecule has 0 aromatic heterocycles. The number of ether oxygens (including phenoxy) is 3. The van der Waals surface area contributed by atoms with Crippen LogP contribution >= 0.6 is 0 Å². The molecule has 9 rings (SSSR count). The molecule has 0 spiro atoms. The van der Waals surface area contributed by atoms with Gasteiger partial charge in [0.25, 0.3) is 5.92 Å². The fraction of sp³-hybridized carbons (Fsp3) is 0.616. The van der Waals surface area contributed by atoms with Crippen LogP contribution in [0.15, 0.2) is 200 Å². The van der Waals surface area contributed by atoms with Crippen molar-refractivity contribution in [3.05, 3.63) is 211 Å². The Balaban J connectivity index is 0.000000311. The third-order valence-electron chi connectivity index (χ3n) is 27.2. The molecule has 0 saturated heterocycles. The number of aliphatic carboxylic acids is 5. The zero-order chi connectivity index (χ0) is 103. The second-order valence-electron chi connectivity index (χ2n) is 38.6. The lowest BCUT2D eigenvalue weighted by atomic mass is 9.85. The van der Waals surface area contributed by atoms with Crippen LogP contribution in [0.4, 0.5) is 8.78 Å². The Bertz CT molecular complexity index is 4140. The van der Waals surface area contributed by atoms with E-state index in [2.05, 4.69) is 19.1 Å². The van der Waals surface area contributed by atoms with Gasteiger partial charge < -0.3 is 111 Å². The van der Waals surface area contributed by atoms with E-state index in [-0.39, 0.29) is 111 Å². The number of aliphatic hydroxyl groups excluding tert-OH is 14. The Morgan fingerprint density at radius 2 is 0.688 bits per heavy atom. The molecule has 4 aromatic carbocycles. The summed E-state index contributed by atoms with van der Waals surface area (Å²) < 4.78 is 44.6. The summed E-state index contributed by atoms with van der Waals surface area (Å²) in [5.74, 6) is -6.89. The lowest BCUT2D eigenvalue weighted by molar-refractivity contribution is -0.138. The number of aliphatic hydroxyl groups is 14. The number of aryl methyl sites for hydroxylation is 2. The normalized spacial score (nSPS) is 25.8. The number of carboxylic acids is 5. The summed E-state index contributed by atoms with van der Waals surface area (Å²) in [6, 6.07) is 35.3. The lowest BCUT2D eigenvalue weighted by Crippen LogP contribution is -2.25. The largest absolute Gasteiger partial charge is 0.491 e. The number of allylic oxidation sites excluding steroid dienone is 10. The summed E-state index contributed by atoms with van der Waals surface area (Å²) in [6.45, 7) is 3.66. The number of hydrogen-bond acceptors (Lipinski definition) is 22. The predicted molar refractivity (Wildman–Crippen MR) is 538 cm³/mol. The maximum atomic E-state index is 14.2. The minimum atomic E-state index is -3.21. The zero-order valence-electron chi connectivity index (χ0n) is 82.6. The fourth-order valence-electron chi connectivity index (χ4n) is 19.2. The van der Waals surface area contributed by atoms with Gasteiger partial charge in [-0.15, -0.1) is 0 Å². The third kappa shape index (κ3) is 52.5. The van der Waals surface area contributed by atoms with Gasteiger partial charge in [0.05, 0.1) is 79.4 Å². The molecule has 27 nitrogen and oxygen atoms in total. The van der Waals surface area contributed by atoms with Gasteiger partial charge in [-0.05, 0) is 281 Å². The molecule has 29 heteroatoms. The SMILES string of the molecule is CCCCCCC[C@H](O)CC[C@@H]1[C@@H](C/C=C\CCCC(=O)O)[C@@H](O)C[C@H]1O.Cc1cccc(OC[C@H](O)/C=C/[C@@H]2[C@@H](C/C=C\CCCC(=O)O)[C@@H](O)C[C@H]2O)c1.O=C(O)CCC/C=C\C[C@@H]1[C@@H](/C=C/C(F)(F)COc2ccccc2)[C@H](O)C[C@@H]1O.O=C(O)CCC/C=C\C[C@@H]1[C@@H](CC[C@@H](O)CCc2ccccc2)[C@H](O)C[C@@H]1O.O=C(O)CCC/C=C\C[C@@H]1[C@@H](CC[C@@H](O)COc2ccccc2)[C@H](O)C[C@@H]1O. The average Bonchev–Trinajstić information content (AvgIpc) is 1.71. The molecule has 4 aromatic rings. The van der Waals surface area contributed by atoms with Crippen molar-refractivity contribution in [1.29, 1.82) is 0 Å². The number of para-hydroxylation sites is 2. The van der Waals surface area contributed by atoms with Crippen molar-refractivity contribution in [2.75, 3.05) is 19.8 Å². The van der Waals surface area contributed by atoms with Gasteiger partial charge in [-0.3, -0.25) is 24.0 Å². The van der Waals surface area contributed by atoms with Crippen molar-refractivity contribution in [3.63, 3.8) is 0 Å². The summed E-state index contributed by atoms with van der Waals surface area (Å²) in [6.07, 6.45) is 40.3. The van der Waals surface area contributed by atoms with Crippen molar-refractivity contribution in [3.8, 4) is 17.2 Å². The molecular weight excluding hydrogens is 1820 g/mol. The number of hydrogen-bond donors (Lipinski definition) is 19. The number of alkyl halides is 2. The minimum absolute atomic E-state index is 0.00736.